The number of amides is 1. The number of ether oxygens (including phenoxy) is 1. The second kappa shape index (κ2) is 9.58. The number of carbonyl (C=O) groups excluding carboxylic acids is 2. The number of halogens is 3. The van der Waals surface area contributed by atoms with Gasteiger partial charge in [0.2, 0.25) is 0 Å². The molecule has 1 unspecified atom stereocenters. The fourth-order valence-electron chi connectivity index (χ4n) is 3.93. The molecule has 0 spiro atoms. The first kappa shape index (κ1) is 24.5. The van der Waals surface area contributed by atoms with Gasteiger partial charge in [-0.05, 0) is 72.8 Å². The van der Waals surface area contributed by atoms with Gasteiger partial charge < -0.3 is 9.84 Å². The number of alkyl halides is 3. The highest BCUT2D eigenvalue weighted by atomic mass is 32.1. The molecule has 35 heavy (non-hydrogen) atoms. The van der Waals surface area contributed by atoms with Crippen LogP contribution in [0.25, 0.3) is 5.76 Å². The number of rotatable bonds is 6. The minimum Gasteiger partial charge on any atom is -0.507 e. The van der Waals surface area contributed by atoms with Crippen LogP contribution in [0.5, 0.6) is 5.75 Å². The number of thiophene rings is 1. The van der Waals surface area contributed by atoms with E-state index in [1.165, 1.54) is 23.5 Å². The summed E-state index contributed by atoms with van der Waals surface area (Å²) < 4.78 is 45.7. The van der Waals surface area contributed by atoms with Crippen LogP contribution in [0.3, 0.4) is 0 Å². The second-order valence-corrected chi connectivity index (χ2v) is 9.01. The van der Waals surface area contributed by atoms with Crippen molar-refractivity contribution in [2.24, 2.45) is 0 Å². The van der Waals surface area contributed by atoms with E-state index in [1.807, 2.05) is 6.92 Å². The zero-order valence-electron chi connectivity index (χ0n) is 18.9. The zero-order chi connectivity index (χ0) is 25.3. The van der Waals surface area contributed by atoms with Crippen LogP contribution in [0.1, 0.15) is 41.0 Å². The first-order valence-electron chi connectivity index (χ1n) is 10.9. The van der Waals surface area contributed by atoms with Crippen LogP contribution in [0.2, 0.25) is 0 Å². The lowest BCUT2D eigenvalue weighted by molar-refractivity contribution is -0.137. The Morgan fingerprint density at radius 2 is 1.83 bits per heavy atom. The molecule has 2 aromatic carbocycles. The fraction of sp³-hybridized carbons (Fsp3) is 0.231. The van der Waals surface area contributed by atoms with Crippen LogP contribution in [0.15, 0.2) is 65.6 Å². The Balaban J connectivity index is 1.86. The predicted molar refractivity (Wildman–Crippen MR) is 128 cm³/mol. The minimum absolute atomic E-state index is 0.0814. The van der Waals surface area contributed by atoms with E-state index in [-0.39, 0.29) is 16.8 Å². The third kappa shape index (κ3) is 4.68. The number of Topliss-reactive ketones (excluding diaryl/α,β-unsaturated/α-hetero) is 1. The summed E-state index contributed by atoms with van der Waals surface area (Å²) in [6.45, 7) is 4.26. The number of hydrogen-bond acceptors (Lipinski definition) is 5. The van der Waals surface area contributed by atoms with Gasteiger partial charge in [-0.1, -0.05) is 13.0 Å². The van der Waals surface area contributed by atoms with Crippen LogP contribution >= 0.6 is 11.3 Å². The lowest BCUT2D eigenvalue weighted by Gasteiger charge is -2.25. The maximum absolute atomic E-state index is 13.4. The van der Waals surface area contributed by atoms with Gasteiger partial charge in [0, 0.05) is 16.1 Å². The molecule has 5 nitrogen and oxygen atoms in total. The molecule has 1 amide bonds. The minimum atomic E-state index is -4.63. The second-order valence-electron chi connectivity index (χ2n) is 8.06. The van der Waals surface area contributed by atoms with Crippen molar-refractivity contribution in [1.29, 1.82) is 0 Å². The predicted octanol–water partition coefficient (Wildman–Crippen LogP) is 6.49. The summed E-state index contributed by atoms with van der Waals surface area (Å²) in [5.74, 6) is -1.80. The third-order valence-corrected chi connectivity index (χ3v) is 6.72. The van der Waals surface area contributed by atoms with Crippen molar-refractivity contribution in [2.45, 2.75) is 32.5 Å². The number of ketones is 1. The lowest BCUT2D eigenvalue weighted by atomic mass is 9.98. The van der Waals surface area contributed by atoms with E-state index in [9.17, 15) is 27.9 Å². The molecule has 9 heteroatoms. The highest BCUT2D eigenvalue weighted by molar-refractivity contribution is 7.10. The van der Waals surface area contributed by atoms with Gasteiger partial charge in [0.1, 0.15) is 17.6 Å². The van der Waals surface area contributed by atoms with Crippen molar-refractivity contribution in [3.05, 3.63) is 87.1 Å². The number of benzene rings is 2. The van der Waals surface area contributed by atoms with Gasteiger partial charge in [-0.15, -0.1) is 11.3 Å². The Morgan fingerprint density at radius 1 is 1.11 bits per heavy atom. The molecule has 1 aliphatic heterocycles. The monoisotopic (exact) mass is 501 g/mol. The molecule has 4 rings (SSSR count). The van der Waals surface area contributed by atoms with Crippen molar-refractivity contribution in [1.82, 2.24) is 0 Å². The van der Waals surface area contributed by atoms with Crippen LogP contribution in [-0.2, 0) is 15.8 Å². The van der Waals surface area contributed by atoms with Crippen LogP contribution < -0.4 is 9.64 Å². The molecule has 1 aromatic heterocycles. The maximum Gasteiger partial charge on any atom is 0.416 e. The summed E-state index contributed by atoms with van der Waals surface area (Å²) in [5.41, 5.74) is -0.174. The Hall–Kier alpha value is -3.59. The number of aliphatic hydroxyl groups is 1. The molecule has 0 aliphatic carbocycles. The van der Waals surface area contributed by atoms with Crippen molar-refractivity contribution in [3.63, 3.8) is 0 Å². The Morgan fingerprint density at radius 3 is 2.43 bits per heavy atom. The van der Waals surface area contributed by atoms with E-state index < -0.39 is 35.2 Å². The normalized spacial score (nSPS) is 17.7. The number of nitrogens with zero attached hydrogens (tertiary/aromatic N) is 1. The van der Waals surface area contributed by atoms with Crippen molar-refractivity contribution in [3.8, 4) is 5.75 Å². The molecule has 3 aromatic rings. The molecule has 2 heterocycles. The topological polar surface area (TPSA) is 66.8 Å². The smallest absolute Gasteiger partial charge is 0.416 e. The maximum atomic E-state index is 13.4. The van der Waals surface area contributed by atoms with E-state index in [0.29, 0.717) is 17.2 Å². The van der Waals surface area contributed by atoms with E-state index in [4.69, 9.17) is 4.74 Å². The quantitative estimate of drug-likeness (QED) is 0.238. The molecule has 1 fully saturated rings. The highest BCUT2D eigenvalue weighted by Crippen LogP contribution is 2.45. The van der Waals surface area contributed by atoms with E-state index in [2.05, 4.69) is 0 Å². The van der Waals surface area contributed by atoms with Gasteiger partial charge in [-0.2, -0.15) is 13.2 Å². The number of anilines is 1. The molecule has 1 aliphatic rings. The number of aryl methyl sites for hydroxylation is 1. The van der Waals surface area contributed by atoms with Crippen molar-refractivity contribution in [2.75, 3.05) is 11.5 Å². The van der Waals surface area contributed by atoms with E-state index in [0.717, 1.165) is 29.0 Å². The standard InChI is InChI=1S/C26H22F3NO4S/c1-3-12-34-19-9-7-16(8-10-19)22(31)20-21(24-15(2)11-13-35-24)30(25(33)23(20)32)18-6-4-5-17(14-18)26(27,28)29/h4-11,13-14,21,31H,3,12H2,1-2H3/b22-20-. The van der Waals surface area contributed by atoms with Gasteiger partial charge in [-0.3, -0.25) is 14.5 Å². The molecule has 182 valence electrons. The van der Waals surface area contributed by atoms with Gasteiger partial charge in [0.15, 0.2) is 0 Å². The largest absolute Gasteiger partial charge is 0.507 e. The van der Waals surface area contributed by atoms with Gasteiger partial charge >= 0.3 is 6.18 Å². The third-order valence-electron chi connectivity index (χ3n) is 5.65. The van der Waals surface area contributed by atoms with Crippen LogP contribution in [0, 0.1) is 6.92 Å². The SMILES string of the molecule is CCCOc1ccc(/C(O)=C2/C(=O)C(=O)N(c3cccc(C(F)(F)F)c3)C2c2sccc2C)cc1. The summed E-state index contributed by atoms with van der Waals surface area (Å²) in [6, 6.07) is 11.4. The summed E-state index contributed by atoms with van der Waals surface area (Å²) in [6.07, 6.45) is -3.81. The molecular formula is C26H22F3NO4S. The van der Waals surface area contributed by atoms with Crippen LogP contribution in [-0.4, -0.2) is 23.4 Å². The average Bonchev–Trinajstić information content (AvgIpc) is 3.37. The van der Waals surface area contributed by atoms with Crippen LogP contribution in [0.4, 0.5) is 18.9 Å². The molecular weight excluding hydrogens is 479 g/mol. The summed E-state index contributed by atoms with van der Waals surface area (Å²) in [5, 5.41) is 12.9. The Kier molecular flexibility index (Phi) is 6.71. The molecule has 0 saturated carbocycles. The summed E-state index contributed by atoms with van der Waals surface area (Å²) in [4.78, 5) is 27.9. The number of carbonyl (C=O) groups is 2. The molecule has 0 radical (unpaired) electrons. The van der Waals surface area contributed by atoms with Crippen molar-refractivity contribution >= 4 is 34.5 Å². The van der Waals surface area contributed by atoms with E-state index >= 15 is 0 Å². The molecule has 0 bridgehead atoms. The summed E-state index contributed by atoms with van der Waals surface area (Å²) in [7, 11) is 0. The number of hydrogen-bond donors (Lipinski definition) is 1. The summed E-state index contributed by atoms with van der Waals surface area (Å²) >= 11 is 1.25. The lowest BCUT2D eigenvalue weighted by Crippen LogP contribution is -2.29. The molecule has 1 saturated heterocycles. The zero-order valence-corrected chi connectivity index (χ0v) is 19.7. The average molecular weight is 502 g/mol. The first-order chi connectivity index (χ1) is 16.6. The van der Waals surface area contributed by atoms with Gasteiger partial charge in [0.25, 0.3) is 11.7 Å². The Labute approximate surface area is 204 Å². The molecule has 1 atom stereocenters. The number of aliphatic hydroxyl groups excluding tert-OH is 1. The molecule has 1 N–H and O–H groups in total. The van der Waals surface area contributed by atoms with E-state index in [1.54, 1.807) is 42.6 Å². The fourth-order valence-corrected chi connectivity index (χ4v) is 4.95. The van der Waals surface area contributed by atoms with Crippen molar-refractivity contribution < 1.29 is 32.6 Å². The highest BCUT2D eigenvalue weighted by Gasteiger charge is 2.48. The first-order valence-corrected chi connectivity index (χ1v) is 11.8. The van der Waals surface area contributed by atoms with Gasteiger partial charge in [0.05, 0.1) is 17.7 Å². The Bertz CT molecular complexity index is 1290. The van der Waals surface area contributed by atoms with Gasteiger partial charge in [-0.25, -0.2) is 0 Å².